The van der Waals surface area contributed by atoms with Crippen LogP contribution in [0.1, 0.15) is 17.9 Å². The molecule has 17 heavy (non-hydrogen) atoms. The van der Waals surface area contributed by atoms with Gasteiger partial charge in [-0.25, -0.2) is 9.18 Å². The summed E-state index contributed by atoms with van der Waals surface area (Å²) in [5, 5.41) is 8.95. The Morgan fingerprint density at radius 2 is 2.12 bits per heavy atom. The summed E-state index contributed by atoms with van der Waals surface area (Å²) in [5.74, 6) is -2.56. The first-order chi connectivity index (χ1) is 8.02. The lowest BCUT2D eigenvalue weighted by Crippen LogP contribution is -2.35. The van der Waals surface area contributed by atoms with Crippen molar-refractivity contribution >= 4 is 11.9 Å². The number of hydrogen-bond acceptors (Lipinski definition) is 2. The van der Waals surface area contributed by atoms with Crippen molar-refractivity contribution in [2.24, 2.45) is 0 Å². The van der Waals surface area contributed by atoms with Gasteiger partial charge in [0, 0.05) is 12.6 Å². The molecule has 2 rings (SSSR count). The van der Waals surface area contributed by atoms with Gasteiger partial charge in [-0.05, 0) is 12.5 Å². The van der Waals surface area contributed by atoms with E-state index in [9.17, 15) is 14.0 Å². The van der Waals surface area contributed by atoms with Crippen LogP contribution in [0, 0.1) is 5.82 Å². The minimum atomic E-state index is -1.06. The molecule has 1 amide bonds. The van der Waals surface area contributed by atoms with Crippen LogP contribution in [0.25, 0.3) is 0 Å². The number of carboxylic acids is 1. The number of likely N-dealkylation sites (N-methyl/N-ethyl adjacent to an activating group) is 1. The molecule has 5 heteroatoms. The summed E-state index contributed by atoms with van der Waals surface area (Å²) < 4.78 is 13.6. The van der Waals surface area contributed by atoms with Crippen molar-refractivity contribution in [1.82, 2.24) is 4.90 Å². The summed E-state index contributed by atoms with van der Waals surface area (Å²) in [7, 11) is 1.43. The molecule has 1 aliphatic heterocycles. The lowest BCUT2D eigenvalue weighted by Gasteiger charge is -2.14. The predicted molar refractivity (Wildman–Crippen MR) is 58.0 cm³/mol. The zero-order valence-corrected chi connectivity index (χ0v) is 9.26. The van der Waals surface area contributed by atoms with Gasteiger partial charge in [-0.2, -0.15) is 0 Å². The van der Waals surface area contributed by atoms with E-state index in [1.54, 1.807) is 6.07 Å². The first-order valence-electron chi connectivity index (χ1n) is 5.26. The molecule has 0 saturated carbocycles. The Balaban J connectivity index is 2.33. The number of carbonyl (C=O) groups excluding carboxylic acids is 1. The Hall–Kier alpha value is -1.91. The van der Waals surface area contributed by atoms with E-state index in [1.807, 2.05) is 0 Å². The van der Waals surface area contributed by atoms with Crippen LogP contribution in [0.3, 0.4) is 0 Å². The molecule has 1 N–H and O–H groups in total. The predicted octanol–water partition coefficient (Wildman–Crippen LogP) is 1.22. The molecule has 1 aromatic carbocycles. The molecule has 2 unspecified atom stereocenters. The SMILES string of the molecule is CN1C(=O)C(c2ccccc2F)CC1C(=O)O. The van der Waals surface area contributed by atoms with Crippen LogP contribution >= 0.6 is 0 Å². The maximum absolute atomic E-state index is 13.6. The summed E-state index contributed by atoms with van der Waals surface area (Å²) in [6.07, 6.45) is 0.117. The number of nitrogens with zero attached hydrogens (tertiary/aromatic N) is 1. The summed E-state index contributed by atoms with van der Waals surface area (Å²) in [6.45, 7) is 0. The van der Waals surface area contributed by atoms with Crippen molar-refractivity contribution in [1.29, 1.82) is 0 Å². The van der Waals surface area contributed by atoms with Gasteiger partial charge in [0.2, 0.25) is 5.91 Å². The number of likely N-dealkylation sites (tertiary alicyclic amines) is 1. The normalized spacial score (nSPS) is 24.1. The van der Waals surface area contributed by atoms with E-state index >= 15 is 0 Å². The molecule has 0 aliphatic carbocycles. The molecule has 1 aliphatic rings. The molecule has 1 aromatic rings. The molecule has 1 saturated heterocycles. The molecule has 0 radical (unpaired) electrons. The van der Waals surface area contributed by atoms with Gasteiger partial charge in [-0.3, -0.25) is 4.79 Å². The van der Waals surface area contributed by atoms with Gasteiger partial charge in [-0.15, -0.1) is 0 Å². The Kier molecular flexibility index (Phi) is 2.83. The lowest BCUT2D eigenvalue weighted by atomic mass is 9.95. The molecule has 1 fully saturated rings. The van der Waals surface area contributed by atoms with Gasteiger partial charge < -0.3 is 10.0 Å². The maximum Gasteiger partial charge on any atom is 0.326 e. The van der Waals surface area contributed by atoms with Crippen molar-refractivity contribution in [3.8, 4) is 0 Å². The van der Waals surface area contributed by atoms with Gasteiger partial charge in [0.25, 0.3) is 0 Å². The molecule has 0 bridgehead atoms. The topological polar surface area (TPSA) is 57.6 Å². The summed E-state index contributed by atoms with van der Waals surface area (Å²) >= 11 is 0. The summed E-state index contributed by atoms with van der Waals surface area (Å²) in [4.78, 5) is 24.0. The van der Waals surface area contributed by atoms with Crippen LogP contribution in [0.4, 0.5) is 4.39 Å². The Labute approximate surface area is 97.7 Å². The monoisotopic (exact) mass is 237 g/mol. The zero-order valence-electron chi connectivity index (χ0n) is 9.26. The Bertz CT molecular complexity index is 475. The van der Waals surface area contributed by atoms with E-state index in [0.29, 0.717) is 0 Å². The number of carboxylic acid groups (broad SMARTS) is 1. The fourth-order valence-corrected chi connectivity index (χ4v) is 2.17. The van der Waals surface area contributed by atoms with E-state index in [4.69, 9.17) is 5.11 Å². The van der Waals surface area contributed by atoms with Gasteiger partial charge >= 0.3 is 5.97 Å². The first kappa shape index (κ1) is 11.6. The number of aliphatic carboxylic acids is 1. The number of rotatable bonds is 2. The second-order valence-electron chi connectivity index (χ2n) is 4.11. The third-order valence-electron chi connectivity index (χ3n) is 3.14. The fraction of sp³-hybridized carbons (Fsp3) is 0.333. The van der Waals surface area contributed by atoms with Gasteiger partial charge in [0.05, 0.1) is 5.92 Å². The van der Waals surface area contributed by atoms with Crippen LogP contribution in [0.15, 0.2) is 24.3 Å². The highest BCUT2D eigenvalue weighted by Gasteiger charge is 2.42. The molecule has 90 valence electrons. The van der Waals surface area contributed by atoms with Crippen molar-refractivity contribution in [2.45, 2.75) is 18.4 Å². The molecule has 0 aromatic heterocycles. The van der Waals surface area contributed by atoms with Crippen LogP contribution in [-0.2, 0) is 9.59 Å². The van der Waals surface area contributed by atoms with Crippen molar-refractivity contribution in [3.63, 3.8) is 0 Å². The molecule has 0 spiro atoms. The van der Waals surface area contributed by atoms with E-state index < -0.39 is 23.7 Å². The number of carbonyl (C=O) groups is 2. The lowest BCUT2D eigenvalue weighted by molar-refractivity contribution is -0.145. The van der Waals surface area contributed by atoms with Crippen molar-refractivity contribution < 1.29 is 19.1 Å². The average Bonchev–Trinajstić information content (AvgIpc) is 2.57. The smallest absolute Gasteiger partial charge is 0.326 e. The summed E-state index contributed by atoms with van der Waals surface area (Å²) in [5.41, 5.74) is 0.271. The first-order valence-corrected chi connectivity index (χ1v) is 5.26. The van der Waals surface area contributed by atoms with E-state index in [0.717, 1.165) is 0 Å². The zero-order chi connectivity index (χ0) is 12.6. The highest BCUT2D eigenvalue weighted by atomic mass is 19.1. The highest BCUT2D eigenvalue weighted by molar-refractivity contribution is 5.92. The van der Waals surface area contributed by atoms with Crippen molar-refractivity contribution in [2.75, 3.05) is 7.05 Å². The minimum Gasteiger partial charge on any atom is -0.480 e. The molecular weight excluding hydrogens is 225 g/mol. The van der Waals surface area contributed by atoms with Crippen LogP contribution in [-0.4, -0.2) is 35.0 Å². The van der Waals surface area contributed by atoms with E-state index in [2.05, 4.69) is 0 Å². The number of halogens is 1. The molecule has 1 heterocycles. The second-order valence-corrected chi connectivity index (χ2v) is 4.11. The Morgan fingerprint density at radius 1 is 1.47 bits per heavy atom. The third kappa shape index (κ3) is 1.88. The molecular formula is C12H12FNO3. The summed E-state index contributed by atoms with van der Waals surface area (Å²) in [6, 6.07) is 5.11. The minimum absolute atomic E-state index is 0.117. The Morgan fingerprint density at radius 3 is 2.65 bits per heavy atom. The number of hydrogen-bond donors (Lipinski definition) is 1. The van der Waals surface area contributed by atoms with Gasteiger partial charge in [0.1, 0.15) is 11.9 Å². The standard InChI is InChI=1S/C12H12FNO3/c1-14-10(12(16)17)6-8(11(14)15)7-4-2-3-5-9(7)13/h2-5,8,10H,6H2,1H3,(H,16,17). The number of amides is 1. The highest BCUT2D eigenvalue weighted by Crippen LogP contribution is 2.33. The second kappa shape index (κ2) is 4.16. The third-order valence-corrected chi connectivity index (χ3v) is 3.14. The molecule has 4 nitrogen and oxygen atoms in total. The van der Waals surface area contributed by atoms with Crippen LogP contribution < -0.4 is 0 Å². The van der Waals surface area contributed by atoms with Gasteiger partial charge in [-0.1, -0.05) is 18.2 Å². The fourth-order valence-electron chi connectivity index (χ4n) is 2.17. The van der Waals surface area contributed by atoms with Crippen LogP contribution in [0.2, 0.25) is 0 Å². The largest absolute Gasteiger partial charge is 0.480 e. The van der Waals surface area contributed by atoms with E-state index in [1.165, 1.54) is 30.1 Å². The van der Waals surface area contributed by atoms with Gasteiger partial charge in [0.15, 0.2) is 0 Å². The van der Waals surface area contributed by atoms with E-state index in [-0.39, 0.29) is 17.9 Å². The average molecular weight is 237 g/mol. The number of benzene rings is 1. The quantitative estimate of drug-likeness (QED) is 0.841. The van der Waals surface area contributed by atoms with Crippen molar-refractivity contribution in [3.05, 3.63) is 35.6 Å². The maximum atomic E-state index is 13.6. The van der Waals surface area contributed by atoms with Crippen LogP contribution in [0.5, 0.6) is 0 Å². The molecule has 2 atom stereocenters.